The predicted molar refractivity (Wildman–Crippen MR) is 102 cm³/mol. The average Bonchev–Trinajstić information content (AvgIpc) is 2.69. The summed E-state index contributed by atoms with van der Waals surface area (Å²) >= 11 is 5.84. The number of rotatable bonds is 10. The van der Waals surface area contributed by atoms with E-state index in [4.69, 9.17) is 21.5 Å². The molecule has 2 aromatic rings. The molecule has 7 nitrogen and oxygen atoms in total. The zero-order valence-corrected chi connectivity index (χ0v) is 16.4. The molecular weight excluding hydrogens is 411 g/mol. The molecule has 10 heteroatoms. The molecule has 0 unspecified atom stereocenters. The molecule has 0 saturated heterocycles. The molecule has 2 aromatic carbocycles. The Labute approximate surface area is 167 Å². The number of ether oxygens (including phenoxy) is 1. The van der Waals surface area contributed by atoms with Gasteiger partial charge in [0, 0.05) is 18.0 Å². The van der Waals surface area contributed by atoms with E-state index in [0.717, 1.165) is 4.31 Å². The molecule has 0 aromatic heterocycles. The molecule has 28 heavy (non-hydrogen) atoms. The van der Waals surface area contributed by atoms with Crippen molar-refractivity contribution in [1.82, 2.24) is 9.79 Å². The summed E-state index contributed by atoms with van der Waals surface area (Å²) in [6.07, 6.45) is 0.241. The first-order valence-corrected chi connectivity index (χ1v) is 10.1. The van der Waals surface area contributed by atoms with Crippen LogP contribution in [0.25, 0.3) is 0 Å². The third-order valence-electron chi connectivity index (χ3n) is 3.73. The normalized spacial score (nSPS) is 11.4. The van der Waals surface area contributed by atoms with Gasteiger partial charge in [0.1, 0.15) is 5.75 Å². The lowest BCUT2D eigenvalue weighted by Gasteiger charge is -2.21. The van der Waals surface area contributed by atoms with Crippen LogP contribution in [0.5, 0.6) is 5.75 Å². The third kappa shape index (κ3) is 6.16. The summed E-state index contributed by atoms with van der Waals surface area (Å²) in [5, 5.41) is 9.27. The van der Waals surface area contributed by atoms with Gasteiger partial charge in [-0.3, -0.25) is 14.4 Å². The SMILES string of the molecule is O=C(CN(Cc1ccc(Cl)cc1)S(=O)(=O)c1ccc(OCCCF)cc1)NO. The smallest absolute Gasteiger partial charge is 0.258 e. The van der Waals surface area contributed by atoms with Crippen LogP contribution in [0, 0.1) is 0 Å². The zero-order valence-electron chi connectivity index (χ0n) is 14.8. The van der Waals surface area contributed by atoms with E-state index in [1.807, 2.05) is 0 Å². The van der Waals surface area contributed by atoms with Crippen molar-refractivity contribution in [2.24, 2.45) is 0 Å². The Morgan fingerprint density at radius 1 is 1.14 bits per heavy atom. The van der Waals surface area contributed by atoms with Crippen molar-refractivity contribution < 1.29 is 27.5 Å². The van der Waals surface area contributed by atoms with Gasteiger partial charge in [-0.2, -0.15) is 4.31 Å². The molecule has 2 rings (SSSR count). The van der Waals surface area contributed by atoms with Crippen molar-refractivity contribution in [1.29, 1.82) is 0 Å². The minimum atomic E-state index is -4.04. The van der Waals surface area contributed by atoms with Crippen molar-refractivity contribution in [3.05, 3.63) is 59.1 Å². The van der Waals surface area contributed by atoms with E-state index in [1.54, 1.807) is 24.3 Å². The van der Waals surface area contributed by atoms with E-state index in [-0.39, 0.29) is 24.5 Å². The largest absolute Gasteiger partial charge is 0.493 e. The first-order chi connectivity index (χ1) is 13.4. The number of carbonyl (C=O) groups excluding carboxylic acids is 1. The van der Waals surface area contributed by atoms with Crippen molar-refractivity contribution in [2.75, 3.05) is 19.8 Å². The van der Waals surface area contributed by atoms with E-state index in [0.29, 0.717) is 16.3 Å². The molecule has 0 spiro atoms. The topological polar surface area (TPSA) is 95.9 Å². The maximum atomic E-state index is 13.0. The second-order valence-electron chi connectivity index (χ2n) is 5.80. The summed E-state index contributed by atoms with van der Waals surface area (Å²) in [4.78, 5) is 11.6. The van der Waals surface area contributed by atoms with Crippen LogP contribution in [-0.2, 0) is 21.4 Å². The summed E-state index contributed by atoms with van der Waals surface area (Å²) < 4.78 is 44.3. The molecule has 0 fully saturated rings. The summed E-state index contributed by atoms with van der Waals surface area (Å²) in [5.74, 6) is -0.464. The van der Waals surface area contributed by atoms with Gasteiger partial charge in [0.05, 0.1) is 24.7 Å². The summed E-state index contributed by atoms with van der Waals surface area (Å²) in [6.45, 7) is -0.987. The van der Waals surface area contributed by atoms with Gasteiger partial charge in [0.2, 0.25) is 10.0 Å². The lowest BCUT2D eigenvalue weighted by atomic mass is 10.2. The maximum absolute atomic E-state index is 13.0. The molecular formula is C18H20ClFN2O5S. The Hall–Kier alpha value is -2.20. The molecule has 0 atom stereocenters. The first kappa shape index (κ1) is 22.1. The molecule has 0 saturated carbocycles. The minimum Gasteiger partial charge on any atom is -0.493 e. The Bertz CT molecular complexity index is 876. The van der Waals surface area contributed by atoms with Crippen LogP contribution >= 0.6 is 11.6 Å². The molecule has 0 radical (unpaired) electrons. The number of alkyl halides is 1. The highest BCUT2D eigenvalue weighted by Gasteiger charge is 2.27. The third-order valence-corrected chi connectivity index (χ3v) is 5.78. The maximum Gasteiger partial charge on any atom is 0.258 e. The fourth-order valence-corrected chi connectivity index (χ4v) is 3.83. The fraction of sp³-hybridized carbons (Fsp3) is 0.278. The molecule has 152 valence electrons. The molecule has 2 N–H and O–H groups in total. The van der Waals surface area contributed by atoms with Gasteiger partial charge in [-0.1, -0.05) is 23.7 Å². The lowest BCUT2D eigenvalue weighted by molar-refractivity contribution is -0.129. The molecule has 0 aliphatic heterocycles. The number of carbonyl (C=O) groups is 1. The standard InChI is InChI=1S/C18H20ClFN2O5S/c19-15-4-2-14(3-5-15)12-22(13-18(23)21-24)28(25,26)17-8-6-16(7-9-17)27-11-1-10-20/h2-9,24H,1,10-13H2,(H,21,23). The second kappa shape index (κ2) is 10.4. The van der Waals surface area contributed by atoms with E-state index in [2.05, 4.69) is 0 Å². The highest BCUT2D eigenvalue weighted by atomic mass is 35.5. The number of hydrogen-bond acceptors (Lipinski definition) is 5. The lowest BCUT2D eigenvalue weighted by Crippen LogP contribution is -2.39. The van der Waals surface area contributed by atoms with Gasteiger partial charge in [0.25, 0.3) is 5.91 Å². The number of halogens is 2. The van der Waals surface area contributed by atoms with Gasteiger partial charge in [-0.25, -0.2) is 13.9 Å². The van der Waals surface area contributed by atoms with Crippen LogP contribution in [0.1, 0.15) is 12.0 Å². The monoisotopic (exact) mass is 430 g/mol. The predicted octanol–water partition coefficient (Wildman–Crippen LogP) is 2.77. The van der Waals surface area contributed by atoms with Crippen LogP contribution in [0.4, 0.5) is 4.39 Å². The summed E-state index contributed by atoms with van der Waals surface area (Å²) in [5.41, 5.74) is 2.05. The van der Waals surface area contributed by atoms with Crippen LogP contribution in [0.2, 0.25) is 5.02 Å². The van der Waals surface area contributed by atoms with Crippen molar-refractivity contribution >= 4 is 27.5 Å². The van der Waals surface area contributed by atoms with Crippen LogP contribution in [0.15, 0.2) is 53.4 Å². The number of sulfonamides is 1. The highest BCUT2D eigenvalue weighted by molar-refractivity contribution is 7.89. The van der Waals surface area contributed by atoms with Crippen molar-refractivity contribution in [3.8, 4) is 5.75 Å². The van der Waals surface area contributed by atoms with E-state index < -0.39 is 29.1 Å². The van der Waals surface area contributed by atoms with Gasteiger partial charge < -0.3 is 4.74 Å². The van der Waals surface area contributed by atoms with E-state index in [1.165, 1.54) is 29.7 Å². The van der Waals surface area contributed by atoms with Gasteiger partial charge in [0.15, 0.2) is 0 Å². The Kier molecular flexibility index (Phi) is 8.18. The van der Waals surface area contributed by atoms with E-state index in [9.17, 15) is 17.6 Å². The van der Waals surface area contributed by atoms with Crippen LogP contribution < -0.4 is 10.2 Å². The van der Waals surface area contributed by atoms with Gasteiger partial charge in [-0.15, -0.1) is 0 Å². The molecule has 0 bridgehead atoms. The molecule has 1 amide bonds. The number of amides is 1. The van der Waals surface area contributed by atoms with Crippen molar-refractivity contribution in [2.45, 2.75) is 17.9 Å². The van der Waals surface area contributed by atoms with Gasteiger partial charge in [-0.05, 0) is 42.0 Å². The van der Waals surface area contributed by atoms with Crippen LogP contribution in [-0.4, -0.2) is 43.7 Å². The first-order valence-electron chi connectivity index (χ1n) is 8.33. The molecule has 0 aliphatic carbocycles. The van der Waals surface area contributed by atoms with E-state index >= 15 is 0 Å². The number of nitrogens with one attached hydrogen (secondary N) is 1. The fourth-order valence-electron chi connectivity index (χ4n) is 2.32. The molecule has 0 heterocycles. The number of hydroxylamine groups is 1. The number of nitrogens with zero attached hydrogens (tertiary/aromatic N) is 1. The number of benzene rings is 2. The summed E-state index contributed by atoms with van der Waals surface area (Å²) in [6, 6.07) is 12.1. The average molecular weight is 431 g/mol. The zero-order chi connectivity index (χ0) is 20.6. The second-order valence-corrected chi connectivity index (χ2v) is 8.17. The molecule has 0 aliphatic rings. The minimum absolute atomic E-state index is 0.0509. The quantitative estimate of drug-likeness (QED) is 0.343. The van der Waals surface area contributed by atoms with Gasteiger partial charge >= 0.3 is 0 Å². The van der Waals surface area contributed by atoms with Crippen molar-refractivity contribution in [3.63, 3.8) is 0 Å². The Morgan fingerprint density at radius 3 is 2.36 bits per heavy atom. The van der Waals surface area contributed by atoms with Crippen LogP contribution in [0.3, 0.4) is 0 Å². The number of hydrogen-bond donors (Lipinski definition) is 2. The Morgan fingerprint density at radius 2 is 1.79 bits per heavy atom. The summed E-state index contributed by atoms with van der Waals surface area (Å²) in [7, 11) is -4.04. The highest BCUT2D eigenvalue weighted by Crippen LogP contribution is 2.22. The Balaban J connectivity index is 2.23.